The van der Waals surface area contributed by atoms with Gasteiger partial charge in [-0.25, -0.2) is 0 Å². The van der Waals surface area contributed by atoms with Gasteiger partial charge < -0.3 is 15.1 Å². The van der Waals surface area contributed by atoms with E-state index in [9.17, 15) is 0 Å². The standard InChI is InChI=1S/C15H20N4O/c16-13(12-8-4-3-5-9-12)14-17-18-15(20-14)19-10-6-1-2-7-11-19/h3-5,8-9,13H,1-2,6-7,10-11,16H2. The Labute approximate surface area is 118 Å². The minimum atomic E-state index is -0.357. The van der Waals surface area contributed by atoms with Crippen LogP contribution in [0.5, 0.6) is 0 Å². The van der Waals surface area contributed by atoms with Crippen LogP contribution in [0.1, 0.15) is 43.2 Å². The summed E-state index contributed by atoms with van der Waals surface area (Å²) >= 11 is 0. The molecule has 1 atom stereocenters. The van der Waals surface area contributed by atoms with Crippen molar-refractivity contribution >= 4 is 6.01 Å². The highest BCUT2D eigenvalue weighted by atomic mass is 16.4. The quantitative estimate of drug-likeness (QED) is 0.929. The van der Waals surface area contributed by atoms with Gasteiger partial charge in [-0.15, -0.1) is 5.10 Å². The summed E-state index contributed by atoms with van der Waals surface area (Å²) in [5, 5.41) is 8.27. The smallest absolute Gasteiger partial charge is 0.318 e. The summed E-state index contributed by atoms with van der Waals surface area (Å²) in [6, 6.07) is 10.1. The van der Waals surface area contributed by atoms with E-state index in [0.717, 1.165) is 18.7 Å². The molecule has 2 N–H and O–H groups in total. The molecule has 1 unspecified atom stereocenters. The van der Waals surface area contributed by atoms with Crippen molar-refractivity contribution in [3.05, 3.63) is 41.8 Å². The van der Waals surface area contributed by atoms with Crippen LogP contribution < -0.4 is 10.6 Å². The van der Waals surface area contributed by atoms with E-state index in [1.807, 2.05) is 30.3 Å². The van der Waals surface area contributed by atoms with Crippen molar-refractivity contribution < 1.29 is 4.42 Å². The first-order valence-corrected chi connectivity index (χ1v) is 7.23. The van der Waals surface area contributed by atoms with Gasteiger partial charge in [0.05, 0.1) is 0 Å². The Hall–Kier alpha value is -1.88. The van der Waals surface area contributed by atoms with Crippen LogP contribution >= 0.6 is 0 Å². The first-order valence-electron chi connectivity index (χ1n) is 7.23. The van der Waals surface area contributed by atoms with Gasteiger partial charge in [-0.1, -0.05) is 48.3 Å². The zero-order valence-electron chi connectivity index (χ0n) is 11.5. The highest BCUT2D eigenvalue weighted by Crippen LogP contribution is 2.23. The SMILES string of the molecule is NC(c1ccccc1)c1nnc(N2CCCCCC2)o1. The van der Waals surface area contributed by atoms with Crippen LogP contribution in [0.2, 0.25) is 0 Å². The second kappa shape index (κ2) is 6.05. The summed E-state index contributed by atoms with van der Waals surface area (Å²) in [6.07, 6.45) is 4.92. The summed E-state index contributed by atoms with van der Waals surface area (Å²) in [5.74, 6) is 0.482. The number of rotatable bonds is 3. The maximum atomic E-state index is 6.18. The second-order valence-corrected chi connectivity index (χ2v) is 5.21. The molecule has 0 bridgehead atoms. The molecule has 1 fully saturated rings. The van der Waals surface area contributed by atoms with Crippen molar-refractivity contribution in [1.82, 2.24) is 10.2 Å². The molecule has 0 spiro atoms. The van der Waals surface area contributed by atoms with E-state index in [2.05, 4.69) is 15.1 Å². The molecule has 2 aromatic rings. The number of hydrogen-bond donors (Lipinski definition) is 1. The van der Waals surface area contributed by atoms with Crippen LogP contribution in [0.25, 0.3) is 0 Å². The molecule has 0 radical (unpaired) electrons. The molecule has 20 heavy (non-hydrogen) atoms. The number of nitrogens with zero attached hydrogens (tertiary/aromatic N) is 3. The van der Waals surface area contributed by atoms with Gasteiger partial charge >= 0.3 is 6.01 Å². The molecule has 1 aliphatic rings. The zero-order chi connectivity index (χ0) is 13.8. The maximum absolute atomic E-state index is 6.18. The molecule has 5 nitrogen and oxygen atoms in total. The van der Waals surface area contributed by atoms with E-state index in [0.29, 0.717) is 11.9 Å². The molecule has 0 saturated carbocycles. The molecule has 3 rings (SSSR count). The topological polar surface area (TPSA) is 68.2 Å². The Morgan fingerprint density at radius 2 is 1.70 bits per heavy atom. The molecule has 1 aromatic heterocycles. The summed E-state index contributed by atoms with van der Waals surface area (Å²) < 4.78 is 5.77. The van der Waals surface area contributed by atoms with Crippen molar-refractivity contribution in [2.45, 2.75) is 31.7 Å². The van der Waals surface area contributed by atoms with Gasteiger partial charge in [0.25, 0.3) is 0 Å². The summed E-state index contributed by atoms with van der Waals surface area (Å²) in [5.41, 5.74) is 7.16. The monoisotopic (exact) mass is 272 g/mol. The van der Waals surface area contributed by atoms with Crippen molar-refractivity contribution in [1.29, 1.82) is 0 Å². The predicted octanol–water partition coefficient (Wildman–Crippen LogP) is 2.50. The average Bonchev–Trinajstić information content (AvgIpc) is 2.83. The highest BCUT2D eigenvalue weighted by molar-refractivity contribution is 5.27. The van der Waals surface area contributed by atoms with Gasteiger partial charge in [0, 0.05) is 13.1 Å². The van der Waals surface area contributed by atoms with Crippen molar-refractivity contribution in [3.63, 3.8) is 0 Å². The number of aromatic nitrogens is 2. The molecular weight excluding hydrogens is 252 g/mol. The molecule has 1 aliphatic heterocycles. The summed E-state index contributed by atoms with van der Waals surface area (Å²) in [6.45, 7) is 1.98. The van der Waals surface area contributed by atoms with Crippen molar-refractivity contribution in [2.24, 2.45) is 5.73 Å². The normalized spacial score (nSPS) is 17.8. The van der Waals surface area contributed by atoms with Crippen molar-refractivity contribution in [3.8, 4) is 0 Å². The van der Waals surface area contributed by atoms with Gasteiger partial charge in [-0.3, -0.25) is 0 Å². The van der Waals surface area contributed by atoms with Gasteiger partial charge in [0.1, 0.15) is 6.04 Å². The molecule has 1 saturated heterocycles. The molecule has 2 heterocycles. The fraction of sp³-hybridized carbons (Fsp3) is 0.467. The minimum Gasteiger partial charge on any atom is -0.406 e. The van der Waals surface area contributed by atoms with E-state index in [1.165, 1.54) is 25.7 Å². The number of hydrogen-bond acceptors (Lipinski definition) is 5. The lowest BCUT2D eigenvalue weighted by Crippen LogP contribution is -2.24. The first kappa shape index (κ1) is 13.1. The Kier molecular flexibility index (Phi) is 3.97. The van der Waals surface area contributed by atoms with E-state index < -0.39 is 0 Å². The number of nitrogens with two attached hydrogens (primary N) is 1. The third-order valence-corrected chi connectivity index (χ3v) is 3.73. The second-order valence-electron chi connectivity index (χ2n) is 5.21. The zero-order valence-corrected chi connectivity index (χ0v) is 11.5. The Morgan fingerprint density at radius 3 is 2.40 bits per heavy atom. The third-order valence-electron chi connectivity index (χ3n) is 3.73. The molecule has 106 valence electrons. The minimum absolute atomic E-state index is 0.357. The third kappa shape index (κ3) is 2.82. The van der Waals surface area contributed by atoms with Gasteiger partial charge in [0.15, 0.2) is 0 Å². The lowest BCUT2D eigenvalue weighted by molar-refractivity contribution is 0.465. The van der Waals surface area contributed by atoms with Crippen LogP contribution in [0, 0.1) is 0 Å². The highest BCUT2D eigenvalue weighted by Gasteiger charge is 2.20. The van der Waals surface area contributed by atoms with Gasteiger partial charge in [-0.05, 0) is 18.4 Å². The first-order chi connectivity index (χ1) is 9.84. The lowest BCUT2D eigenvalue weighted by atomic mass is 10.1. The van der Waals surface area contributed by atoms with Gasteiger partial charge in [-0.2, -0.15) is 0 Å². The van der Waals surface area contributed by atoms with Crippen LogP contribution in [-0.4, -0.2) is 23.3 Å². The summed E-state index contributed by atoms with van der Waals surface area (Å²) in [7, 11) is 0. The van der Waals surface area contributed by atoms with E-state index >= 15 is 0 Å². The molecular formula is C15H20N4O. The van der Waals surface area contributed by atoms with Crippen LogP contribution in [0.4, 0.5) is 6.01 Å². The molecule has 0 amide bonds. The fourth-order valence-electron chi connectivity index (χ4n) is 2.54. The molecule has 0 aliphatic carbocycles. The predicted molar refractivity (Wildman–Crippen MR) is 77.5 cm³/mol. The van der Waals surface area contributed by atoms with Crippen LogP contribution in [0.15, 0.2) is 34.7 Å². The maximum Gasteiger partial charge on any atom is 0.318 e. The fourth-order valence-corrected chi connectivity index (χ4v) is 2.54. The Balaban J connectivity index is 1.76. The number of anilines is 1. The van der Waals surface area contributed by atoms with Crippen LogP contribution in [-0.2, 0) is 0 Å². The lowest BCUT2D eigenvalue weighted by Gasteiger charge is -2.16. The van der Waals surface area contributed by atoms with Crippen LogP contribution in [0.3, 0.4) is 0 Å². The van der Waals surface area contributed by atoms with E-state index in [-0.39, 0.29) is 6.04 Å². The van der Waals surface area contributed by atoms with Crippen molar-refractivity contribution in [2.75, 3.05) is 18.0 Å². The Bertz CT molecular complexity index is 532. The average molecular weight is 272 g/mol. The van der Waals surface area contributed by atoms with E-state index in [4.69, 9.17) is 10.2 Å². The van der Waals surface area contributed by atoms with Gasteiger partial charge in [0.2, 0.25) is 5.89 Å². The number of benzene rings is 1. The molecule has 1 aromatic carbocycles. The molecule has 5 heteroatoms. The van der Waals surface area contributed by atoms with E-state index in [1.54, 1.807) is 0 Å². The largest absolute Gasteiger partial charge is 0.406 e. The summed E-state index contributed by atoms with van der Waals surface area (Å²) in [4.78, 5) is 2.17. The Morgan fingerprint density at radius 1 is 1.00 bits per heavy atom.